The van der Waals surface area contributed by atoms with Crippen molar-refractivity contribution >= 4 is 11.8 Å². The van der Waals surface area contributed by atoms with E-state index in [1.807, 2.05) is 46.9 Å². The van der Waals surface area contributed by atoms with Gasteiger partial charge < -0.3 is 5.32 Å². The fraction of sp³-hybridized carbons (Fsp3) is 0.267. The van der Waals surface area contributed by atoms with E-state index in [0.29, 0.717) is 0 Å². The third kappa shape index (κ3) is 4.58. The number of thioether (sulfide) groups is 1. The lowest BCUT2D eigenvalue weighted by molar-refractivity contribution is 0.700. The van der Waals surface area contributed by atoms with Gasteiger partial charge in [0.2, 0.25) is 0 Å². The zero-order chi connectivity index (χ0) is 13.3. The van der Waals surface area contributed by atoms with Gasteiger partial charge in [-0.2, -0.15) is 16.9 Å². The quantitative estimate of drug-likeness (QED) is 0.592. The molecular formula is C15H19N3S. The first kappa shape index (κ1) is 13.9. The van der Waals surface area contributed by atoms with E-state index in [-0.39, 0.29) is 0 Å². The highest BCUT2D eigenvalue weighted by molar-refractivity contribution is 7.99. The number of aromatic nitrogens is 2. The average Bonchev–Trinajstić information content (AvgIpc) is 2.92. The molecule has 0 saturated heterocycles. The Morgan fingerprint density at radius 2 is 2.11 bits per heavy atom. The minimum absolute atomic E-state index is 0.814. The summed E-state index contributed by atoms with van der Waals surface area (Å²) < 4.78 is 1.91. The number of hydrogen-bond acceptors (Lipinski definition) is 3. The Labute approximate surface area is 118 Å². The summed E-state index contributed by atoms with van der Waals surface area (Å²) in [6.45, 7) is 5.51. The molecular weight excluding hydrogens is 254 g/mol. The number of benzene rings is 1. The number of nitrogens with one attached hydrogen (secondary N) is 1. The number of para-hydroxylation sites is 1. The first-order valence-electron chi connectivity index (χ1n) is 6.39. The SMILES string of the molecule is C=CCSCCNCc1ccn(-c2ccccc2)n1. The molecule has 0 fully saturated rings. The second-order valence-electron chi connectivity index (χ2n) is 4.13. The highest BCUT2D eigenvalue weighted by atomic mass is 32.2. The topological polar surface area (TPSA) is 29.9 Å². The summed E-state index contributed by atoms with van der Waals surface area (Å²) in [6.07, 6.45) is 3.94. The van der Waals surface area contributed by atoms with Crippen LogP contribution in [0.15, 0.2) is 55.3 Å². The van der Waals surface area contributed by atoms with Gasteiger partial charge in [0.05, 0.1) is 11.4 Å². The van der Waals surface area contributed by atoms with Gasteiger partial charge in [-0.3, -0.25) is 0 Å². The number of rotatable bonds is 8. The average molecular weight is 273 g/mol. The monoisotopic (exact) mass is 273 g/mol. The summed E-state index contributed by atoms with van der Waals surface area (Å²) in [5, 5.41) is 7.94. The van der Waals surface area contributed by atoms with Crippen LogP contribution in [0.1, 0.15) is 5.69 Å². The lowest BCUT2D eigenvalue weighted by atomic mass is 10.3. The van der Waals surface area contributed by atoms with Crippen LogP contribution in [0.5, 0.6) is 0 Å². The lowest BCUT2D eigenvalue weighted by Gasteiger charge is -2.02. The van der Waals surface area contributed by atoms with Gasteiger partial charge in [-0.05, 0) is 18.2 Å². The Morgan fingerprint density at radius 3 is 2.89 bits per heavy atom. The van der Waals surface area contributed by atoms with E-state index < -0.39 is 0 Å². The predicted octanol–water partition coefficient (Wildman–Crippen LogP) is 2.88. The fourth-order valence-electron chi connectivity index (χ4n) is 1.71. The molecule has 1 aromatic heterocycles. The molecule has 0 aliphatic heterocycles. The van der Waals surface area contributed by atoms with Gasteiger partial charge in [0.25, 0.3) is 0 Å². The Kier molecular flexibility index (Phi) is 5.72. The summed E-state index contributed by atoms with van der Waals surface area (Å²) in [6, 6.07) is 12.2. The molecule has 100 valence electrons. The van der Waals surface area contributed by atoms with Gasteiger partial charge in [-0.25, -0.2) is 4.68 Å². The summed E-state index contributed by atoms with van der Waals surface area (Å²) >= 11 is 1.88. The normalized spacial score (nSPS) is 10.5. The minimum atomic E-state index is 0.814. The van der Waals surface area contributed by atoms with Crippen molar-refractivity contribution in [2.45, 2.75) is 6.54 Å². The van der Waals surface area contributed by atoms with E-state index in [9.17, 15) is 0 Å². The van der Waals surface area contributed by atoms with Crippen LogP contribution < -0.4 is 5.32 Å². The first-order valence-corrected chi connectivity index (χ1v) is 7.55. The Balaban J connectivity index is 1.77. The van der Waals surface area contributed by atoms with Crippen molar-refractivity contribution in [3.05, 3.63) is 60.9 Å². The molecule has 1 heterocycles. The first-order chi connectivity index (χ1) is 9.40. The molecule has 0 saturated carbocycles. The number of hydrogen-bond donors (Lipinski definition) is 1. The van der Waals surface area contributed by atoms with E-state index in [4.69, 9.17) is 0 Å². The lowest BCUT2D eigenvalue weighted by Crippen LogP contribution is -2.17. The van der Waals surface area contributed by atoms with Gasteiger partial charge in [-0.15, -0.1) is 6.58 Å². The third-order valence-electron chi connectivity index (χ3n) is 2.63. The standard InChI is InChI=1S/C15H19N3S/c1-2-11-19-12-9-16-13-14-8-10-18(17-14)15-6-4-3-5-7-15/h2-8,10,16H,1,9,11-13H2. The maximum Gasteiger partial charge on any atom is 0.0766 e. The van der Waals surface area contributed by atoms with Crippen molar-refractivity contribution in [1.82, 2.24) is 15.1 Å². The summed E-state index contributed by atoms with van der Waals surface area (Å²) in [7, 11) is 0. The van der Waals surface area contributed by atoms with Crippen molar-refractivity contribution in [3.8, 4) is 5.69 Å². The number of nitrogens with zero attached hydrogens (tertiary/aromatic N) is 2. The van der Waals surface area contributed by atoms with Crippen molar-refractivity contribution in [2.75, 3.05) is 18.1 Å². The van der Waals surface area contributed by atoms with Crippen LogP contribution in [0.4, 0.5) is 0 Å². The van der Waals surface area contributed by atoms with Crippen molar-refractivity contribution in [2.24, 2.45) is 0 Å². The molecule has 0 amide bonds. The molecule has 0 radical (unpaired) electrons. The molecule has 0 atom stereocenters. The van der Waals surface area contributed by atoms with Crippen LogP contribution >= 0.6 is 11.8 Å². The molecule has 2 rings (SSSR count). The zero-order valence-corrected chi connectivity index (χ0v) is 11.8. The zero-order valence-electron chi connectivity index (χ0n) is 11.0. The van der Waals surface area contributed by atoms with E-state index in [1.165, 1.54) is 0 Å². The van der Waals surface area contributed by atoms with E-state index in [1.54, 1.807) is 0 Å². The van der Waals surface area contributed by atoms with Gasteiger partial charge in [0.15, 0.2) is 0 Å². The van der Waals surface area contributed by atoms with Crippen LogP contribution in [0.3, 0.4) is 0 Å². The summed E-state index contributed by atoms with van der Waals surface area (Å²) in [5.41, 5.74) is 2.16. The maximum atomic E-state index is 4.55. The van der Waals surface area contributed by atoms with Gasteiger partial charge >= 0.3 is 0 Å². The summed E-state index contributed by atoms with van der Waals surface area (Å²) in [5.74, 6) is 2.12. The molecule has 2 aromatic rings. The highest BCUT2D eigenvalue weighted by Gasteiger charge is 2.00. The van der Waals surface area contributed by atoms with Crippen LogP contribution in [0.2, 0.25) is 0 Å². The summed E-state index contributed by atoms with van der Waals surface area (Å²) in [4.78, 5) is 0. The second kappa shape index (κ2) is 7.81. The van der Waals surface area contributed by atoms with Crippen LogP contribution in [-0.2, 0) is 6.54 Å². The second-order valence-corrected chi connectivity index (χ2v) is 5.28. The van der Waals surface area contributed by atoms with Gasteiger partial charge in [0, 0.05) is 30.8 Å². The van der Waals surface area contributed by atoms with E-state index >= 15 is 0 Å². The van der Waals surface area contributed by atoms with E-state index in [2.05, 4.69) is 35.2 Å². The van der Waals surface area contributed by atoms with Crippen LogP contribution in [0, 0.1) is 0 Å². The smallest absolute Gasteiger partial charge is 0.0766 e. The minimum Gasteiger partial charge on any atom is -0.310 e. The maximum absolute atomic E-state index is 4.55. The van der Waals surface area contributed by atoms with Crippen LogP contribution in [-0.4, -0.2) is 27.8 Å². The molecule has 0 aliphatic rings. The van der Waals surface area contributed by atoms with Crippen molar-refractivity contribution in [3.63, 3.8) is 0 Å². The Morgan fingerprint density at radius 1 is 1.26 bits per heavy atom. The molecule has 1 N–H and O–H groups in total. The predicted molar refractivity (Wildman–Crippen MR) is 82.8 cm³/mol. The molecule has 19 heavy (non-hydrogen) atoms. The molecule has 0 unspecified atom stereocenters. The molecule has 0 bridgehead atoms. The largest absolute Gasteiger partial charge is 0.310 e. The molecule has 3 nitrogen and oxygen atoms in total. The Bertz CT molecular complexity index is 493. The van der Waals surface area contributed by atoms with Crippen molar-refractivity contribution in [1.29, 1.82) is 0 Å². The molecule has 0 spiro atoms. The van der Waals surface area contributed by atoms with Gasteiger partial charge in [-0.1, -0.05) is 24.3 Å². The fourth-order valence-corrected chi connectivity index (χ4v) is 2.33. The highest BCUT2D eigenvalue weighted by Crippen LogP contribution is 2.06. The molecule has 4 heteroatoms. The van der Waals surface area contributed by atoms with Crippen LogP contribution in [0.25, 0.3) is 5.69 Å². The molecule has 1 aromatic carbocycles. The van der Waals surface area contributed by atoms with Crippen molar-refractivity contribution < 1.29 is 0 Å². The Hall–Kier alpha value is -1.52. The molecule has 0 aliphatic carbocycles. The third-order valence-corrected chi connectivity index (χ3v) is 3.59. The van der Waals surface area contributed by atoms with E-state index in [0.717, 1.165) is 36.0 Å². The van der Waals surface area contributed by atoms with Gasteiger partial charge in [0.1, 0.15) is 0 Å².